The van der Waals surface area contributed by atoms with Crippen LogP contribution in [-0.4, -0.2) is 47.2 Å². The Morgan fingerprint density at radius 3 is 2.65 bits per heavy atom. The van der Waals surface area contributed by atoms with Gasteiger partial charge in [-0.3, -0.25) is 4.79 Å². The Kier molecular flexibility index (Phi) is 6.42. The summed E-state index contributed by atoms with van der Waals surface area (Å²) in [6.45, 7) is 4.53. The number of amides is 1. The molecular weight excluding hydrogens is 395 g/mol. The summed E-state index contributed by atoms with van der Waals surface area (Å²) in [6, 6.07) is 12.0. The van der Waals surface area contributed by atoms with E-state index in [4.69, 9.17) is 0 Å². The summed E-state index contributed by atoms with van der Waals surface area (Å²) in [5.74, 6) is -0.174. The number of nitrogens with zero attached hydrogens (tertiary/aromatic N) is 2. The van der Waals surface area contributed by atoms with Crippen LogP contribution in [0.3, 0.4) is 0 Å². The van der Waals surface area contributed by atoms with Gasteiger partial charge in [-0.15, -0.1) is 0 Å². The van der Waals surface area contributed by atoms with Crippen LogP contribution in [0.1, 0.15) is 55.4 Å². The highest BCUT2D eigenvalue weighted by Gasteiger charge is 2.32. The van der Waals surface area contributed by atoms with Gasteiger partial charge in [0.05, 0.1) is 11.7 Å². The predicted molar refractivity (Wildman–Crippen MR) is 118 cm³/mol. The number of rotatable bonds is 5. The first-order chi connectivity index (χ1) is 14.9. The second-order valence-electron chi connectivity index (χ2n) is 8.75. The highest BCUT2D eigenvalue weighted by atomic mass is 19.1. The zero-order valence-electron chi connectivity index (χ0n) is 18.1. The van der Waals surface area contributed by atoms with E-state index in [-0.39, 0.29) is 11.7 Å². The minimum Gasteiger partial charge on any atom is -0.387 e. The van der Waals surface area contributed by atoms with Gasteiger partial charge in [0.2, 0.25) is 5.91 Å². The number of carbonyl (C=O) groups excluding carboxylic acids is 1. The van der Waals surface area contributed by atoms with E-state index in [2.05, 4.69) is 4.90 Å². The van der Waals surface area contributed by atoms with E-state index in [9.17, 15) is 19.4 Å². The van der Waals surface area contributed by atoms with E-state index >= 15 is 0 Å². The van der Waals surface area contributed by atoms with Crippen molar-refractivity contribution in [2.24, 2.45) is 0 Å². The summed E-state index contributed by atoms with van der Waals surface area (Å²) in [5.41, 5.74) is 2.72. The van der Waals surface area contributed by atoms with E-state index < -0.39 is 11.7 Å². The third-order valence-electron chi connectivity index (χ3n) is 6.71. The molecular formula is C25H31FN2O3. The molecule has 1 amide bonds. The maximum atomic E-state index is 13.3. The van der Waals surface area contributed by atoms with E-state index in [1.165, 1.54) is 12.1 Å². The van der Waals surface area contributed by atoms with Crippen molar-refractivity contribution >= 4 is 11.6 Å². The minimum atomic E-state index is -0.962. The highest BCUT2D eigenvalue weighted by Crippen LogP contribution is 2.34. The van der Waals surface area contributed by atoms with Gasteiger partial charge in [0, 0.05) is 31.7 Å². The van der Waals surface area contributed by atoms with Gasteiger partial charge in [0.1, 0.15) is 5.82 Å². The number of hydrogen-bond acceptors (Lipinski definition) is 4. The molecule has 2 aliphatic rings. The summed E-state index contributed by atoms with van der Waals surface area (Å²) in [5, 5.41) is 22.0. The quantitative estimate of drug-likeness (QED) is 0.768. The van der Waals surface area contributed by atoms with Crippen LogP contribution >= 0.6 is 0 Å². The number of fused-ring (bicyclic) bond motifs is 1. The molecule has 166 valence electrons. The fraction of sp³-hybridized carbons (Fsp3) is 0.480. The molecule has 2 atom stereocenters. The molecule has 0 aromatic heterocycles. The molecule has 0 bridgehead atoms. The second kappa shape index (κ2) is 9.07. The molecule has 31 heavy (non-hydrogen) atoms. The first kappa shape index (κ1) is 21.9. The lowest BCUT2D eigenvalue weighted by molar-refractivity contribution is -0.118. The van der Waals surface area contributed by atoms with Crippen LogP contribution in [-0.2, 0) is 16.8 Å². The zero-order chi connectivity index (χ0) is 22.0. The standard InChI is InChI=1S/C25H31FN2O3/c1-2-24(30)28-14-10-18-16-19(4-9-22(18)28)23(29)17-27-13-3-11-25(31,12-15-27)20-5-7-21(26)8-6-20/h4-9,16,23,29,31H,2-3,10-15,17H2,1H3. The van der Waals surface area contributed by atoms with Gasteiger partial charge in [0.25, 0.3) is 0 Å². The summed E-state index contributed by atoms with van der Waals surface area (Å²) in [4.78, 5) is 16.1. The van der Waals surface area contributed by atoms with Crippen LogP contribution < -0.4 is 4.90 Å². The molecule has 1 saturated heterocycles. The number of halogens is 1. The van der Waals surface area contributed by atoms with Crippen LogP contribution in [0, 0.1) is 5.82 Å². The molecule has 1 fully saturated rings. The van der Waals surface area contributed by atoms with Gasteiger partial charge in [-0.2, -0.15) is 0 Å². The van der Waals surface area contributed by atoms with Crippen molar-refractivity contribution in [3.8, 4) is 0 Å². The molecule has 0 spiro atoms. The predicted octanol–water partition coefficient (Wildman–Crippen LogP) is 3.53. The maximum absolute atomic E-state index is 13.3. The normalized spacial score (nSPS) is 22.8. The van der Waals surface area contributed by atoms with Crippen LogP contribution in [0.5, 0.6) is 0 Å². The molecule has 2 heterocycles. The molecule has 2 unspecified atom stereocenters. The number of carbonyl (C=O) groups is 1. The summed E-state index contributed by atoms with van der Waals surface area (Å²) >= 11 is 0. The van der Waals surface area contributed by atoms with E-state index in [1.54, 1.807) is 12.1 Å². The molecule has 6 heteroatoms. The molecule has 0 saturated carbocycles. The average Bonchev–Trinajstić information content (AvgIpc) is 3.11. The fourth-order valence-electron chi connectivity index (χ4n) is 4.84. The molecule has 0 aliphatic carbocycles. The molecule has 2 aromatic carbocycles. The average molecular weight is 427 g/mol. The van der Waals surface area contributed by atoms with Crippen molar-refractivity contribution in [3.05, 3.63) is 65.0 Å². The summed E-state index contributed by atoms with van der Waals surface area (Å²) in [6.07, 6.45) is 2.64. The number of aliphatic hydroxyl groups excluding tert-OH is 1. The van der Waals surface area contributed by atoms with Gasteiger partial charge >= 0.3 is 0 Å². The molecule has 2 aromatic rings. The van der Waals surface area contributed by atoms with Gasteiger partial charge in [-0.05, 0) is 67.1 Å². The number of hydrogen-bond donors (Lipinski definition) is 2. The number of aliphatic hydroxyl groups is 2. The second-order valence-corrected chi connectivity index (χ2v) is 8.75. The van der Waals surface area contributed by atoms with Gasteiger partial charge in [-0.1, -0.05) is 31.2 Å². The summed E-state index contributed by atoms with van der Waals surface area (Å²) < 4.78 is 13.3. The van der Waals surface area contributed by atoms with Crippen LogP contribution in [0.2, 0.25) is 0 Å². The Bertz CT molecular complexity index is 933. The third-order valence-corrected chi connectivity index (χ3v) is 6.71. The smallest absolute Gasteiger partial charge is 0.226 e. The van der Waals surface area contributed by atoms with Crippen LogP contribution in [0.15, 0.2) is 42.5 Å². The molecule has 2 N–H and O–H groups in total. The summed E-state index contributed by atoms with van der Waals surface area (Å²) in [7, 11) is 0. The Labute approximate surface area is 183 Å². The monoisotopic (exact) mass is 426 g/mol. The molecule has 0 radical (unpaired) electrons. The van der Waals surface area contributed by atoms with Gasteiger partial charge in [0.15, 0.2) is 0 Å². The molecule has 5 nitrogen and oxygen atoms in total. The first-order valence-electron chi connectivity index (χ1n) is 11.2. The lowest BCUT2D eigenvalue weighted by Crippen LogP contribution is -2.32. The number of anilines is 1. The number of β-amino-alcohol motifs (C(OH)–C–C–N with tert-alkyl or cyclic N) is 1. The number of benzene rings is 2. The van der Waals surface area contributed by atoms with E-state index in [0.29, 0.717) is 38.9 Å². The largest absolute Gasteiger partial charge is 0.387 e. The highest BCUT2D eigenvalue weighted by molar-refractivity contribution is 5.95. The Morgan fingerprint density at radius 2 is 1.90 bits per heavy atom. The van der Waals surface area contributed by atoms with Crippen molar-refractivity contribution in [2.45, 2.75) is 50.7 Å². The van der Waals surface area contributed by atoms with E-state index in [1.807, 2.05) is 30.0 Å². The van der Waals surface area contributed by atoms with Crippen LogP contribution in [0.4, 0.5) is 10.1 Å². The van der Waals surface area contributed by atoms with E-state index in [0.717, 1.165) is 41.8 Å². The lowest BCUT2D eigenvalue weighted by atomic mass is 9.87. The first-order valence-corrected chi connectivity index (χ1v) is 11.2. The van der Waals surface area contributed by atoms with Gasteiger partial charge in [-0.25, -0.2) is 4.39 Å². The minimum absolute atomic E-state index is 0.130. The van der Waals surface area contributed by atoms with Crippen molar-refractivity contribution < 1.29 is 19.4 Å². The third kappa shape index (κ3) is 4.66. The zero-order valence-corrected chi connectivity index (χ0v) is 18.1. The maximum Gasteiger partial charge on any atom is 0.226 e. The van der Waals surface area contributed by atoms with Gasteiger partial charge < -0.3 is 20.0 Å². The van der Waals surface area contributed by atoms with Crippen molar-refractivity contribution in [3.63, 3.8) is 0 Å². The van der Waals surface area contributed by atoms with Crippen LogP contribution in [0.25, 0.3) is 0 Å². The Balaban J connectivity index is 1.40. The number of likely N-dealkylation sites (tertiary alicyclic amines) is 1. The SMILES string of the molecule is CCC(=O)N1CCc2cc(C(O)CN3CCCC(O)(c4ccc(F)cc4)CC3)ccc21. The van der Waals surface area contributed by atoms with Crippen molar-refractivity contribution in [1.82, 2.24) is 4.90 Å². The Morgan fingerprint density at radius 1 is 1.13 bits per heavy atom. The Hall–Kier alpha value is -2.28. The molecule has 2 aliphatic heterocycles. The van der Waals surface area contributed by atoms with Crippen molar-refractivity contribution in [1.29, 1.82) is 0 Å². The fourth-order valence-corrected chi connectivity index (χ4v) is 4.84. The van der Waals surface area contributed by atoms with Crippen molar-refractivity contribution in [2.75, 3.05) is 31.1 Å². The molecule has 4 rings (SSSR count). The lowest BCUT2D eigenvalue weighted by Gasteiger charge is -2.28. The topological polar surface area (TPSA) is 64.0 Å².